The summed E-state index contributed by atoms with van der Waals surface area (Å²) in [7, 11) is -1.54. The fourth-order valence-electron chi connectivity index (χ4n) is 4.23. The highest BCUT2D eigenvalue weighted by Crippen LogP contribution is 2.34. The van der Waals surface area contributed by atoms with Gasteiger partial charge >= 0.3 is 0 Å². The normalized spacial score (nSPS) is 15.7. The maximum Gasteiger partial charge on any atom is 0.175 e. The molecule has 0 saturated carbocycles. The number of rotatable bonds is 6. The molecule has 0 radical (unpaired) electrons. The highest BCUT2D eigenvalue weighted by atomic mass is 32.2. The van der Waals surface area contributed by atoms with Crippen LogP contribution < -0.4 is 4.90 Å². The molecule has 1 aromatic carbocycles. The van der Waals surface area contributed by atoms with E-state index in [1.165, 1.54) is 19.1 Å². The summed E-state index contributed by atoms with van der Waals surface area (Å²) >= 11 is 0. The highest BCUT2D eigenvalue weighted by molar-refractivity contribution is 7.90. The van der Waals surface area contributed by atoms with E-state index in [2.05, 4.69) is 46.9 Å². The Morgan fingerprint density at radius 1 is 1.13 bits per heavy atom. The molecule has 0 bridgehead atoms. The second-order valence-electron chi connectivity index (χ2n) is 9.41. The second kappa shape index (κ2) is 14.9. The number of ether oxygens (including phenoxy) is 1. The van der Waals surface area contributed by atoms with Gasteiger partial charge in [-0.3, -0.25) is 10.1 Å². The number of hydrogen-bond acceptors (Lipinski definition) is 7. The first kappa shape index (κ1) is 32.2. The number of pyridine rings is 1. The van der Waals surface area contributed by atoms with Crippen molar-refractivity contribution in [1.82, 2.24) is 15.2 Å². The molecule has 9 heteroatoms. The van der Waals surface area contributed by atoms with Crippen molar-refractivity contribution in [2.24, 2.45) is 4.99 Å². The first-order valence-corrected chi connectivity index (χ1v) is 15.6. The molecule has 3 aromatic rings. The first-order chi connectivity index (χ1) is 18.6. The number of hydrogen-bond donors (Lipinski definition) is 1. The van der Waals surface area contributed by atoms with Gasteiger partial charge in [-0.15, -0.1) is 0 Å². The molecule has 1 N–H and O–H groups in total. The largest absolute Gasteiger partial charge is 0.377 e. The van der Waals surface area contributed by atoms with Crippen LogP contribution >= 0.6 is 0 Å². The SMILES string of the molecule is CC.CCCC.CN=C(c1ccn[nH]1)c1nc(N2CCOC[C@H]2C)cc(-c2ccc(S(C)(=O)=O)cc2C)c1C. The molecule has 0 aliphatic carbocycles. The minimum Gasteiger partial charge on any atom is -0.377 e. The predicted octanol–water partition coefficient (Wildman–Crippen LogP) is 6.02. The van der Waals surface area contributed by atoms with Crippen molar-refractivity contribution in [3.63, 3.8) is 0 Å². The summed E-state index contributed by atoms with van der Waals surface area (Å²) in [6.45, 7) is 16.5. The summed E-state index contributed by atoms with van der Waals surface area (Å²) < 4.78 is 29.7. The lowest BCUT2D eigenvalue weighted by Gasteiger charge is -2.35. The summed E-state index contributed by atoms with van der Waals surface area (Å²) in [6.07, 6.45) is 5.56. The number of anilines is 1. The molecule has 4 rings (SSSR count). The van der Waals surface area contributed by atoms with Crippen LogP contribution in [0, 0.1) is 13.8 Å². The van der Waals surface area contributed by atoms with Crippen LogP contribution in [-0.4, -0.2) is 68.4 Å². The molecule has 1 atom stereocenters. The van der Waals surface area contributed by atoms with Crippen molar-refractivity contribution in [2.45, 2.75) is 72.2 Å². The Labute approximate surface area is 234 Å². The first-order valence-electron chi connectivity index (χ1n) is 13.8. The van der Waals surface area contributed by atoms with Gasteiger partial charge in [0.15, 0.2) is 9.84 Å². The Hall–Kier alpha value is -3.04. The zero-order valence-corrected chi connectivity index (χ0v) is 25.8. The van der Waals surface area contributed by atoms with Crippen LogP contribution in [0.15, 0.2) is 46.4 Å². The maximum atomic E-state index is 12.1. The predicted molar refractivity (Wildman–Crippen MR) is 162 cm³/mol. The molecule has 1 aliphatic rings. The summed E-state index contributed by atoms with van der Waals surface area (Å²) in [5, 5.41) is 7.08. The zero-order chi connectivity index (χ0) is 29.2. The Morgan fingerprint density at radius 2 is 1.82 bits per heavy atom. The van der Waals surface area contributed by atoms with Gasteiger partial charge in [0, 0.05) is 26.0 Å². The summed E-state index contributed by atoms with van der Waals surface area (Å²) in [4.78, 5) is 12.1. The van der Waals surface area contributed by atoms with Gasteiger partial charge in [-0.05, 0) is 67.3 Å². The van der Waals surface area contributed by atoms with Gasteiger partial charge in [-0.2, -0.15) is 5.10 Å². The van der Waals surface area contributed by atoms with E-state index in [0.29, 0.717) is 18.1 Å². The van der Waals surface area contributed by atoms with E-state index in [9.17, 15) is 8.42 Å². The van der Waals surface area contributed by atoms with Gasteiger partial charge in [0.2, 0.25) is 0 Å². The van der Waals surface area contributed by atoms with E-state index in [4.69, 9.17) is 9.72 Å². The van der Waals surface area contributed by atoms with Gasteiger partial charge in [0.1, 0.15) is 11.5 Å². The standard InChI is InChI=1S/C24H29N5O3S.C4H10.C2H6/c1-15-12-18(33(5,30)31)6-7-19(15)20-13-22(29-10-11-32-14-16(29)2)27-23(17(20)3)24(25-4)21-8-9-26-28-21;1-3-4-2;1-2/h6-9,12-13,16H,10-11,14H2,1-5H3,(H,26,28);3-4H2,1-2H3;1-2H3/t16-;;/m1../s1. The molecule has 1 saturated heterocycles. The smallest absolute Gasteiger partial charge is 0.175 e. The quantitative estimate of drug-likeness (QED) is 0.374. The highest BCUT2D eigenvalue weighted by Gasteiger charge is 2.25. The molecule has 8 nitrogen and oxygen atoms in total. The molecular formula is C30H45N5O3S. The molecule has 2 aromatic heterocycles. The molecule has 214 valence electrons. The maximum absolute atomic E-state index is 12.1. The molecule has 0 spiro atoms. The average molecular weight is 556 g/mol. The lowest BCUT2D eigenvalue weighted by molar-refractivity contribution is 0.0985. The summed E-state index contributed by atoms with van der Waals surface area (Å²) in [6, 6.07) is 9.41. The van der Waals surface area contributed by atoms with Crippen molar-refractivity contribution < 1.29 is 13.2 Å². The van der Waals surface area contributed by atoms with Gasteiger partial charge in [0.25, 0.3) is 0 Å². The Balaban J connectivity index is 0.000000815. The molecule has 0 amide bonds. The molecule has 1 aliphatic heterocycles. The van der Waals surface area contributed by atoms with Crippen LogP contribution in [0.5, 0.6) is 0 Å². The molecular weight excluding hydrogens is 510 g/mol. The average Bonchev–Trinajstić information content (AvgIpc) is 3.46. The van der Waals surface area contributed by atoms with Crippen molar-refractivity contribution in [2.75, 3.05) is 38.0 Å². The Kier molecular flexibility index (Phi) is 12.3. The van der Waals surface area contributed by atoms with Crippen molar-refractivity contribution in [3.05, 3.63) is 59.0 Å². The summed E-state index contributed by atoms with van der Waals surface area (Å²) in [5.41, 5.74) is 6.08. The zero-order valence-electron chi connectivity index (χ0n) is 25.0. The topological polar surface area (TPSA) is 101 Å². The minimum absolute atomic E-state index is 0.178. The number of nitrogens with one attached hydrogen (secondary N) is 1. The van der Waals surface area contributed by atoms with E-state index >= 15 is 0 Å². The third-order valence-corrected chi connectivity index (χ3v) is 7.65. The second-order valence-corrected chi connectivity index (χ2v) is 11.4. The van der Waals surface area contributed by atoms with E-state index in [1.807, 2.05) is 39.8 Å². The van der Waals surface area contributed by atoms with E-state index in [1.54, 1.807) is 25.4 Å². The molecule has 1 fully saturated rings. The lowest BCUT2D eigenvalue weighted by atomic mass is 9.94. The van der Waals surface area contributed by atoms with E-state index in [0.717, 1.165) is 51.7 Å². The van der Waals surface area contributed by atoms with Crippen LogP contribution in [0.2, 0.25) is 0 Å². The van der Waals surface area contributed by atoms with Crippen LogP contribution in [0.4, 0.5) is 5.82 Å². The Morgan fingerprint density at radius 3 is 2.33 bits per heavy atom. The van der Waals surface area contributed by atoms with Crippen LogP contribution in [0.3, 0.4) is 0 Å². The van der Waals surface area contributed by atoms with Crippen LogP contribution in [0.1, 0.15) is 70.0 Å². The number of aromatic amines is 1. The van der Waals surface area contributed by atoms with Crippen molar-refractivity contribution >= 4 is 21.4 Å². The third-order valence-electron chi connectivity index (χ3n) is 6.54. The lowest BCUT2D eigenvalue weighted by Crippen LogP contribution is -2.44. The number of nitrogens with zero attached hydrogens (tertiary/aromatic N) is 4. The van der Waals surface area contributed by atoms with E-state index in [-0.39, 0.29) is 6.04 Å². The van der Waals surface area contributed by atoms with Crippen molar-refractivity contribution in [1.29, 1.82) is 0 Å². The molecule has 3 heterocycles. The van der Waals surface area contributed by atoms with Gasteiger partial charge in [-0.25, -0.2) is 13.4 Å². The molecule has 0 unspecified atom stereocenters. The van der Waals surface area contributed by atoms with Crippen LogP contribution in [0.25, 0.3) is 11.1 Å². The number of unbranched alkanes of at least 4 members (excludes halogenated alkanes) is 1. The number of aliphatic imine (C=N–C) groups is 1. The van der Waals surface area contributed by atoms with Gasteiger partial charge < -0.3 is 9.64 Å². The number of H-pyrrole nitrogens is 1. The number of aryl methyl sites for hydroxylation is 1. The summed E-state index contributed by atoms with van der Waals surface area (Å²) in [5.74, 6) is 0.841. The van der Waals surface area contributed by atoms with Gasteiger partial charge in [0.05, 0.1) is 35.5 Å². The number of sulfone groups is 1. The minimum atomic E-state index is -3.29. The number of aromatic nitrogens is 3. The van der Waals surface area contributed by atoms with Crippen LogP contribution in [-0.2, 0) is 14.6 Å². The van der Waals surface area contributed by atoms with E-state index < -0.39 is 9.84 Å². The van der Waals surface area contributed by atoms with Crippen molar-refractivity contribution in [3.8, 4) is 11.1 Å². The van der Waals surface area contributed by atoms with Gasteiger partial charge in [-0.1, -0.05) is 46.6 Å². The number of morpholine rings is 1. The third kappa shape index (κ3) is 7.99. The fourth-order valence-corrected chi connectivity index (χ4v) is 4.94. The monoisotopic (exact) mass is 555 g/mol. The molecule has 39 heavy (non-hydrogen) atoms. The Bertz CT molecular complexity index is 1330. The fraction of sp³-hybridized carbons (Fsp3) is 0.500. The number of benzene rings is 1.